The van der Waals surface area contributed by atoms with Crippen molar-refractivity contribution in [2.75, 3.05) is 26.0 Å². The van der Waals surface area contributed by atoms with Crippen LogP contribution in [-0.2, 0) is 17.9 Å². The van der Waals surface area contributed by atoms with E-state index in [1.54, 1.807) is 19.2 Å². The van der Waals surface area contributed by atoms with Crippen molar-refractivity contribution in [1.82, 2.24) is 19.8 Å². The van der Waals surface area contributed by atoms with Gasteiger partial charge in [-0.3, -0.25) is 9.69 Å². The number of nitrogens with zero attached hydrogens (tertiary/aromatic N) is 4. The van der Waals surface area contributed by atoms with Gasteiger partial charge in [0, 0.05) is 18.2 Å². The Morgan fingerprint density at radius 2 is 1.93 bits per heavy atom. The maximum atomic E-state index is 14.3. The number of hydrogen-bond acceptors (Lipinski definition) is 7. The fraction of sp³-hybridized carbons (Fsp3) is 0.400. The lowest BCUT2D eigenvalue weighted by Gasteiger charge is -2.34. The second-order valence-electron chi connectivity index (χ2n) is 12.2. The third kappa shape index (κ3) is 7.01. The number of amides is 1. The van der Waals surface area contributed by atoms with Crippen LogP contribution < -0.4 is 10.1 Å². The fourth-order valence-electron chi connectivity index (χ4n) is 5.92. The standard InChI is InChI=1S/C35H38FN5O3S/c1-35(2,43-3)39-34(42)26-9-10-30-31(19-26)41(33-13-16-45-33)32(38-30)21-40-14-11-24(12-15-40)25-5-4-6-28(18-25)44-22-27-8-7-23(20-37)17-29(27)36/h4-10,17-19,24,33H,11-16,21-22H2,1-3H3,(H,39,42). The molecule has 0 aliphatic carbocycles. The molecule has 6 rings (SSSR count). The Morgan fingerprint density at radius 3 is 2.62 bits per heavy atom. The van der Waals surface area contributed by atoms with Gasteiger partial charge in [-0.25, -0.2) is 9.37 Å². The average Bonchev–Trinajstić information content (AvgIpc) is 3.36. The topological polar surface area (TPSA) is 92.4 Å². The highest BCUT2D eigenvalue weighted by molar-refractivity contribution is 8.00. The number of likely N-dealkylation sites (tertiary alicyclic amines) is 1. The van der Waals surface area contributed by atoms with Crippen LogP contribution in [0.2, 0.25) is 0 Å². The van der Waals surface area contributed by atoms with Crippen molar-refractivity contribution in [3.8, 4) is 11.8 Å². The van der Waals surface area contributed by atoms with E-state index in [-0.39, 0.29) is 12.5 Å². The van der Waals surface area contributed by atoms with Crippen LogP contribution in [0.15, 0.2) is 60.7 Å². The third-order valence-electron chi connectivity index (χ3n) is 8.77. The fourth-order valence-corrected chi connectivity index (χ4v) is 6.75. The van der Waals surface area contributed by atoms with E-state index in [0.717, 1.165) is 61.5 Å². The summed E-state index contributed by atoms with van der Waals surface area (Å²) >= 11 is 1.92. The largest absolute Gasteiger partial charge is 0.489 e. The molecule has 0 bridgehead atoms. The van der Waals surface area contributed by atoms with E-state index in [1.807, 2.05) is 62.0 Å². The number of imidazole rings is 1. The molecule has 3 aromatic carbocycles. The van der Waals surface area contributed by atoms with Crippen LogP contribution in [-0.4, -0.2) is 52.0 Å². The minimum Gasteiger partial charge on any atom is -0.489 e. The molecule has 2 fully saturated rings. The lowest BCUT2D eigenvalue weighted by Crippen LogP contribution is -2.44. The van der Waals surface area contributed by atoms with E-state index in [2.05, 4.69) is 26.9 Å². The highest BCUT2D eigenvalue weighted by Gasteiger charge is 2.29. The lowest BCUT2D eigenvalue weighted by atomic mass is 9.89. The molecule has 1 unspecified atom stereocenters. The molecule has 45 heavy (non-hydrogen) atoms. The van der Waals surface area contributed by atoms with Gasteiger partial charge in [0.05, 0.1) is 34.6 Å². The van der Waals surface area contributed by atoms with Crippen molar-refractivity contribution in [3.63, 3.8) is 0 Å². The van der Waals surface area contributed by atoms with Crippen molar-refractivity contribution in [3.05, 3.63) is 94.6 Å². The SMILES string of the molecule is COC(C)(C)NC(=O)c1ccc2nc(CN3CCC(c4cccc(OCc5ccc(C#N)cc5F)c4)CC3)n(C3CCS3)c2c1. The van der Waals surface area contributed by atoms with E-state index >= 15 is 0 Å². The van der Waals surface area contributed by atoms with Gasteiger partial charge in [-0.05, 0) is 106 Å². The number of rotatable bonds is 10. The van der Waals surface area contributed by atoms with E-state index in [9.17, 15) is 9.18 Å². The number of fused-ring (bicyclic) bond motifs is 1. The van der Waals surface area contributed by atoms with E-state index in [4.69, 9.17) is 19.7 Å². The summed E-state index contributed by atoms with van der Waals surface area (Å²) in [5.74, 6) is 2.69. The van der Waals surface area contributed by atoms with Gasteiger partial charge in [0.25, 0.3) is 5.91 Å². The van der Waals surface area contributed by atoms with Gasteiger partial charge >= 0.3 is 0 Å². The lowest BCUT2D eigenvalue weighted by molar-refractivity contribution is -0.00347. The Kier molecular flexibility index (Phi) is 9.13. The zero-order valence-electron chi connectivity index (χ0n) is 25.9. The minimum absolute atomic E-state index is 0.108. The molecule has 0 radical (unpaired) electrons. The van der Waals surface area contributed by atoms with Crippen LogP contribution in [0.4, 0.5) is 4.39 Å². The Balaban J connectivity index is 1.11. The zero-order chi connectivity index (χ0) is 31.6. The third-order valence-corrected chi connectivity index (χ3v) is 10.1. The first kappa shape index (κ1) is 31.1. The number of carbonyl (C=O) groups is 1. The summed E-state index contributed by atoms with van der Waals surface area (Å²) in [6.45, 7) is 6.42. The predicted octanol–water partition coefficient (Wildman–Crippen LogP) is 6.75. The molecule has 234 valence electrons. The van der Waals surface area contributed by atoms with E-state index < -0.39 is 11.5 Å². The smallest absolute Gasteiger partial charge is 0.253 e. The summed E-state index contributed by atoms with van der Waals surface area (Å²) < 4.78 is 28.0. The summed E-state index contributed by atoms with van der Waals surface area (Å²) in [5, 5.41) is 12.2. The van der Waals surface area contributed by atoms with Gasteiger partial charge in [0.1, 0.15) is 29.7 Å². The number of aromatic nitrogens is 2. The Morgan fingerprint density at radius 1 is 1.13 bits per heavy atom. The molecule has 8 nitrogen and oxygen atoms in total. The number of benzene rings is 3. The normalized spacial score (nSPS) is 17.5. The molecule has 3 heterocycles. The number of piperidine rings is 1. The Labute approximate surface area is 267 Å². The molecular weight excluding hydrogens is 589 g/mol. The first-order valence-electron chi connectivity index (χ1n) is 15.4. The molecule has 1 aromatic heterocycles. The molecule has 2 aliphatic heterocycles. The quantitative estimate of drug-likeness (QED) is 0.194. The molecule has 0 saturated carbocycles. The number of thioether (sulfide) groups is 1. The predicted molar refractivity (Wildman–Crippen MR) is 174 cm³/mol. The van der Waals surface area contributed by atoms with Crippen molar-refractivity contribution in [1.29, 1.82) is 5.26 Å². The van der Waals surface area contributed by atoms with Crippen molar-refractivity contribution >= 4 is 28.7 Å². The van der Waals surface area contributed by atoms with Crippen LogP contribution in [0.3, 0.4) is 0 Å². The molecule has 4 aromatic rings. The number of ether oxygens (including phenoxy) is 2. The maximum Gasteiger partial charge on any atom is 0.253 e. The van der Waals surface area contributed by atoms with Crippen LogP contribution in [0.1, 0.15) is 77.3 Å². The molecular formula is C35H38FN5O3S. The highest BCUT2D eigenvalue weighted by atomic mass is 32.2. The molecule has 1 N–H and O–H groups in total. The number of nitrogens with one attached hydrogen (secondary N) is 1. The monoisotopic (exact) mass is 627 g/mol. The van der Waals surface area contributed by atoms with E-state index in [0.29, 0.717) is 33.7 Å². The summed E-state index contributed by atoms with van der Waals surface area (Å²) in [5.41, 5.74) is 3.70. The van der Waals surface area contributed by atoms with Gasteiger partial charge in [-0.15, -0.1) is 11.8 Å². The summed E-state index contributed by atoms with van der Waals surface area (Å²) in [4.78, 5) is 20.5. The molecule has 1 atom stereocenters. The number of hydrogen-bond donors (Lipinski definition) is 1. The van der Waals surface area contributed by atoms with Crippen LogP contribution in [0.5, 0.6) is 5.75 Å². The van der Waals surface area contributed by atoms with Crippen LogP contribution in [0.25, 0.3) is 11.0 Å². The second kappa shape index (κ2) is 13.2. The number of nitriles is 1. The second-order valence-corrected chi connectivity index (χ2v) is 13.5. The first-order valence-corrected chi connectivity index (χ1v) is 16.4. The van der Waals surface area contributed by atoms with Gasteiger partial charge < -0.3 is 19.4 Å². The molecule has 2 saturated heterocycles. The number of carbonyl (C=O) groups excluding carboxylic acids is 1. The Bertz CT molecular complexity index is 1740. The van der Waals surface area contributed by atoms with Gasteiger partial charge in [0.2, 0.25) is 0 Å². The van der Waals surface area contributed by atoms with Crippen LogP contribution in [0, 0.1) is 17.1 Å². The molecule has 2 aliphatic rings. The summed E-state index contributed by atoms with van der Waals surface area (Å²) in [7, 11) is 1.58. The van der Waals surface area contributed by atoms with Gasteiger partial charge in [-0.2, -0.15) is 5.26 Å². The van der Waals surface area contributed by atoms with Crippen molar-refractivity contribution in [2.45, 2.75) is 63.3 Å². The van der Waals surface area contributed by atoms with Gasteiger partial charge in [-0.1, -0.05) is 18.2 Å². The summed E-state index contributed by atoms with van der Waals surface area (Å²) in [6.07, 6.45) is 3.13. The Hall–Kier alpha value is -3.91. The summed E-state index contributed by atoms with van der Waals surface area (Å²) in [6, 6.07) is 20.3. The molecule has 0 spiro atoms. The maximum absolute atomic E-state index is 14.3. The van der Waals surface area contributed by atoms with Crippen molar-refractivity contribution < 1.29 is 18.7 Å². The van der Waals surface area contributed by atoms with Crippen molar-refractivity contribution in [2.24, 2.45) is 0 Å². The average molecular weight is 628 g/mol. The first-order chi connectivity index (χ1) is 21.7. The highest BCUT2D eigenvalue weighted by Crippen LogP contribution is 2.41. The zero-order valence-corrected chi connectivity index (χ0v) is 26.7. The molecule has 10 heteroatoms. The minimum atomic E-state index is -0.757. The molecule has 1 amide bonds. The number of halogens is 1. The van der Waals surface area contributed by atoms with Crippen LogP contribution >= 0.6 is 11.8 Å². The number of methoxy groups -OCH3 is 1. The van der Waals surface area contributed by atoms with E-state index in [1.165, 1.54) is 11.6 Å². The van der Waals surface area contributed by atoms with Gasteiger partial charge in [0.15, 0.2) is 0 Å².